The van der Waals surface area contributed by atoms with Crippen molar-refractivity contribution in [3.63, 3.8) is 0 Å². The fraction of sp³-hybridized carbons (Fsp3) is 0.294. The van der Waals surface area contributed by atoms with E-state index in [1.807, 2.05) is 12.3 Å². The predicted octanol–water partition coefficient (Wildman–Crippen LogP) is 3.61. The number of nitrogens with one attached hydrogen (secondary N) is 1. The number of aromatic nitrogens is 3. The van der Waals surface area contributed by atoms with Crippen molar-refractivity contribution in [1.29, 1.82) is 0 Å². The minimum Gasteiger partial charge on any atom is -0.370 e. The Morgan fingerprint density at radius 2 is 2.05 bits per heavy atom. The van der Waals surface area contributed by atoms with Crippen molar-refractivity contribution in [3.8, 4) is 0 Å². The monoisotopic (exact) mass is 280 g/mol. The third-order valence-corrected chi connectivity index (χ3v) is 3.57. The lowest BCUT2D eigenvalue weighted by atomic mass is 10.2. The van der Waals surface area contributed by atoms with Gasteiger partial charge in [0, 0.05) is 19.3 Å². The highest BCUT2D eigenvalue weighted by Gasteiger charge is 2.07. The quantitative estimate of drug-likeness (QED) is 0.776. The maximum atomic E-state index is 4.61. The van der Waals surface area contributed by atoms with Gasteiger partial charge in [-0.1, -0.05) is 19.1 Å². The molecule has 0 amide bonds. The molecule has 108 valence electrons. The second-order valence-corrected chi connectivity index (χ2v) is 5.21. The molecule has 21 heavy (non-hydrogen) atoms. The fourth-order valence-corrected chi connectivity index (χ4v) is 2.50. The number of pyridine rings is 1. The molecule has 0 aliphatic carbocycles. The summed E-state index contributed by atoms with van der Waals surface area (Å²) in [6.45, 7) is 5.97. The van der Waals surface area contributed by atoms with E-state index in [-0.39, 0.29) is 0 Å². The van der Waals surface area contributed by atoms with Crippen molar-refractivity contribution in [2.24, 2.45) is 0 Å². The van der Waals surface area contributed by atoms with Gasteiger partial charge in [0.15, 0.2) is 0 Å². The smallest absolute Gasteiger partial charge is 0.126 e. The van der Waals surface area contributed by atoms with Gasteiger partial charge in [0.2, 0.25) is 0 Å². The SMILES string of the molecule is CCCNc1cc(Cn2c(C)nc3ccccc32)ccn1. The van der Waals surface area contributed by atoms with E-state index < -0.39 is 0 Å². The zero-order chi connectivity index (χ0) is 14.7. The Labute approximate surface area is 124 Å². The molecule has 0 atom stereocenters. The molecule has 0 unspecified atom stereocenters. The molecule has 0 saturated heterocycles. The first-order valence-electron chi connectivity index (χ1n) is 7.38. The van der Waals surface area contributed by atoms with Gasteiger partial charge in [-0.25, -0.2) is 9.97 Å². The van der Waals surface area contributed by atoms with E-state index in [2.05, 4.69) is 64.0 Å². The van der Waals surface area contributed by atoms with Crippen molar-refractivity contribution in [3.05, 3.63) is 54.0 Å². The van der Waals surface area contributed by atoms with Crippen LogP contribution in [0.5, 0.6) is 0 Å². The van der Waals surface area contributed by atoms with Gasteiger partial charge in [0.1, 0.15) is 11.6 Å². The van der Waals surface area contributed by atoms with Crippen LogP contribution in [-0.2, 0) is 6.54 Å². The van der Waals surface area contributed by atoms with Gasteiger partial charge in [-0.15, -0.1) is 0 Å². The molecule has 1 N–H and O–H groups in total. The van der Waals surface area contributed by atoms with Crippen molar-refractivity contribution >= 4 is 16.9 Å². The highest BCUT2D eigenvalue weighted by Crippen LogP contribution is 2.18. The lowest BCUT2D eigenvalue weighted by Crippen LogP contribution is -2.05. The Morgan fingerprint density at radius 1 is 1.19 bits per heavy atom. The number of rotatable bonds is 5. The van der Waals surface area contributed by atoms with Gasteiger partial charge in [0.25, 0.3) is 0 Å². The summed E-state index contributed by atoms with van der Waals surface area (Å²) in [5, 5.41) is 3.33. The second kappa shape index (κ2) is 5.95. The third-order valence-electron chi connectivity index (χ3n) is 3.57. The number of anilines is 1. The topological polar surface area (TPSA) is 42.7 Å². The Balaban J connectivity index is 1.90. The summed E-state index contributed by atoms with van der Waals surface area (Å²) in [5.74, 6) is 1.98. The number of imidazole rings is 1. The van der Waals surface area contributed by atoms with E-state index in [1.54, 1.807) is 0 Å². The summed E-state index contributed by atoms with van der Waals surface area (Å²) in [7, 11) is 0. The first-order chi connectivity index (χ1) is 10.3. The fourth-order valence-electron chi connectivity index (χ4n) is 2.50. The molecule has 3 rings (SSSR count). The summed E-state index contributed by atoms with van der Waals surface area (Å²) >= 11 is 0. The molecule has 3 aromatic rings. The van der Waals surface area contributed by atoms with Crippen LogP contribution in [0.25, 0.3) is 11.0 Å². The Bertz CT molecular complexity index is 745. The van der Waals surface area contributed by atoms with E-state index in [9.17, 15) is 0 Å². The van der Waals surface area contributed by atoms with Crippen LogP contribution in [0, 0.1) is 6.92 Å². The van der Waals surface area contributed by atoms with Gasteiger partial charge >= 0.3 is 0 Å². The number of fused-ring (bicyclic) bond motifs is 1. The summed E-state index contributed by atoms with van der Waals surface area (Å²) in [6.07, 6.45) is 2.96. The van der Waals surface area contributed by atoms with Crippen LogP contribution in [0.4, 0.5) is 5.82 Å². The average Bonchev–Trinajstić information content (AvgIpc) is 2.82. The van der Waals surface area contributed by atoms with Crippen LogP contribution < -0.4 is 5.32 Å². The summed E-state index contributed by atoms with van der Waals surface area (Å²) in [5.41, 5.74) is 3.46. The molecule has 0 bridgehead atoms. The van der Waals surface area contributed by atoms with Gasteiger partial charge in [-0.05, 0) is 43.2 Å². The normalized spacial score (nSPS) is 11.0. The molecule has 4 nitrogen and oxygen atoms in total. The molecule has 0 aliphatic heterocycles. The van der Waals surface area contributed by atoms with Gasteiger partial charge in [0.05, 0.1) is 11.0 Å². The molecular weight excluding hydrogens is 260 g/mol. The molecule has 0 spiro atoms. The first kappa shape index (κ1) is 13.6. The summed E-state index contributed by atoms with van der Waals surface area (Å²) < 4.78 is 2.24. The molecule has 4 heteroatoms. The van der Waals surface area contributed by atoms with Gasteiger partial charge in [-0.3, -0.25) is 0 Å². The number of hydrogen-bond acceptors (Lipinski definition) is 3. The molecule has 0 saturated carbocycles. The van der Waals surface area contributed by atoms with E-state index in [0.29, 0.717) is 0 Å². The van der Waals surface area contributed by atoms with E-state index in [4.69, 9.17) is 0 Å². The molecular formula is C17H20N4. The number of hydrogen-bond donors (Lipinski definition) is 1. The minimum absolute atomic E-state index is 0.815. The number of nitrogens with zero attached hydrogens (tertiary/aromatic N) is 3. The molecule has 1 aromatic carbocycles. The van der Waals surface area contributed by atoms with Crippen molar-refractivity contribution in [2.75, 3.05) is 11.9 Å². The Morgan fingerprint density at radius 3 is 2.90 bits per heavy atom. The van der Waals surface area contributed by atoms with Crippen molar-refractivity contribution < 1.29 is 0 Å². The molecule has 2 heterocycles. The Kier molecular flexibility index (Phi) is 3.86. The molecule has 0 fully saturated rings. The van der Waals surface area contributed by atoms with E-state index in [0.717, 1.165) is 36.7 Å². The van der Waals surface area contributed by atoms with Gasteiger partial charge in [-0.2, -0.15) is 0 Å². The lowest BCUT2D eigenvalue weighted by Gasteiger charge is -2.09. The maximum absolute atomic E-state index is 4.61. The maximum Gasteiger partial charge on any atom is 0.126 e. The number of aryl methyl sites for hydroxylation is 1. The van der Waals surface area contributed by atoms with Crippen LogP contribution in [0.1, 0.15) is 24.7 Å². The van der Waals surface area contributed by atoms with Crippen LogP contribution in [0.3, 0.4) is 0 Å². The lowest BCUT2D eigenvalue weighted by molar-refractivity contribution is 0.784. The molecule has 0 radical (unpaired) electrons. The largest absolute Gasteiger partial charge is 0.370 e. The molecule has 2 aromatic heterocycles. The summed E-state index contributed by atoms with van der Waals surface area (Å²) in [4.78, 5) is 8.97. The highest BCUT2D eigenvalue weighted by molar-refractivity contribution is 5.75. The standard InChI is InChI=1S/C17H20N4/c1-3-9-18-17-11-14(8-10-19-17)12-21-13(2)20-15-6-4-5-7-16(15)21/h4-8,10-11H,3,9,12H2,1-2H3,(H,18,19). The number of benzene rings is 1. The van der Waals surface area contributed by atoms with Crippen LogP contribution >= 0.6 is 0 Å². The van der Waals surface area contributed by atoms with Crippen molar-refractivity contribution in [1.82, 2.24) is 14.5 Å². The zero-order valence-corrected chi connectivity index (χ0v) is 12.5. The van der Waals surface area contributed by atoms with Crippen molar-refractivity contribution in [2.45, 2.75) is 26.8 Å². The van der Waals surface area contributed by atoms with Crippen LogP contribution in [0.15, 0.2) is 42.6 Å². The van der Waals surface area contributed by atoms with Crippen LogP contribution in [-0.4, -0.2) is 21.1 Å². The predicted molar refractivity (Wildman–Crippen MR) is 86.6 cm³/mol. The molecule has 0 aliphatic rings. The number of para-hydroxylation sites is 2. The van der Waals surface area contributed by atoms with E-state index >= 15 is 0 Å². The first-order valence-corrected chi connectivity index (χ1v) is 7.38. The Hall–Kier alpha value is -2.36. The second-order valence-electron chi connectivity index (χ2n) is 5.21. The van der Waals surface area contributed by atoms with Crippen LogP contribution in [0.2, 0.25) is 0 Å². The van der Waals surface area contributed by atoms with Gasteiger partial charge < -0.3 is 9.88 Å². The summed E-state index contributed by atoms with van der Waals surface area (Å²) in [6, 6.07) is 12.4. The average molecular weight is 280 g/mol. The highest BCUT2D eigenvalue weighted by atomic mass is 15.1. The van der Waals surface area contributed by atoms with E-state index in [1.165, 1.54) is 11.1 Å². The minimum atomic E-state index is 0.815. The zero-order valence-electron chi connectivity index (χ0n) is 12.5. The third kappa shape index (κ3) is 2.89.